The van der Waals surface area contributed by atoms with Crippen LogP contribution in [0.25, 0.3) is 0 Å². The van der Waals surface area contributed by atoms with Crippen molar-refractivity contribution in [3.8, 4) is 5.75 Å². The summed E-state index contributed by atoms with van der Waals surface area (Å²) in [5, 5.41) is 10.7. The van der Waals surface area contributed by atoms with Gasteiger partial charge in [0.15, 0.2) is 0 Å². The first-order valence-corrected chi connectivity index (χ1v) is 15.7. The lowest BCUT2D eigenvalue weighted by atomic mass is 9.66. The number of hydrogen-bond donors (Lipinski definition) is 1. The summed E-state index contributed by atoms with van der Waals surface area (Å²) in [6, 6.07) is 14.8. The zero-order valence-corrected chi connectivity index (χ0v) is 26.7. The number of anilines is 2. The molecule has 3 amide bonds. The molecule has 0 aliphatic carbocycles. The van der Waals surface area contributed by atoms with Gasteiger partial charge in [-0.15, -0.1) is 13.2 Å². The molecule has 3 fully saturated rings. The molecule has 3 aliphatic rings. The SMILES string of the molecule is C=CCN(C(=O)C1N([C@@H](CO)CC(C)C)C(=O)[C@@H]2[C@@H](C(=O)N(CC=C)c3ccccc3)[C@@]3(C)CCC12O3)c1ccc(OC)cc1. The molecule has 9 nitrogen and oxygen atoms in total. The third-order valence-corrected chi connectivity index (χ3v) is 9.67. The van der Waals surface area contributed by atoms with Crippen molar-refractivity contribution in [2.45, 2.75) is 63.3 Å². The molecule has 3 saturated heterocycles. The largest absolute Gasteiger partial charge is 0.497 e. The highest BCUT2D eigenvalue weighted by Gasteiger charge is 2.79. The quantitative estimate of drug-likeness (QED) is 0.331. The molecule has 0 saturated carbocycles. The van der Waals surface area contributed by atoms with Crippen molar-refractivity contribution in [1.82, 2.24) is 4.90 Å². The van der Waals surface area contributed by atoms with Crippen molar-refractivity contribution in [2.24, 2.45) is 17.8 Å². The molecule has 6 atom stereocenters. The average Bonchev–Trinajstić information content (AvgIpc) is 3.61. The summed E-state index contributed by atoms with van der Waals surface area (Å²) in [6.07, 6.45) is 4.75. The number of benzene rings is 2. The topological polar surface area (TPSA) is 99.6 Å². The summed E-state index contributed by atoms with van der Waals surface area (Å²) >= 11 is 0. The van der Waals surface area contributed by atoms with E-state index in [1.54, 1.807) is 58.2 Å². The number of aliphatic hydroxyl groups excluding tert-OH is 1. The van der Waals surface area contributed by atoms with Gasteiger partial charge < -0.3 is 29.3 Å². The van der Waals surface area contributed by atoms with Gasteiger partial charge in [0.05, 0.1) is 37.2 Å². The van der Waals surface area contributed by atoms with E-state index in [1.165, 1.54) is 0 Å². The van der Waals surface area contributed by atoms with Gasteiger partial charge in [0.2, 0.25) is 11.8 Å². The van der Waals surface area contributed by atoms with Gasteiger partial charge in [-0.25, -0.2) is 0 Å². The van der Waals surface area contributed by atoms with E-state index in [0.29, 0.717) is 36.4 Å². The van der Waals surface area contributed by atoms with E-state index < -0.39 is 35.1 Å². The number of ether oxygens (including phenoxy) is 2. The Kier molecular flexibility index (Phi) is 9.23. The lowest BCUT2D eigenvalue weighted by Crippen LogP contribution is -2.59. The first kappa shape index (κ1) is 32.4. The maximum Gasteiger partial charge on any atom is 0.253 e. The molecule has 1 N–H and O–H groups in total. The van der Waals surface area contributed by atoms with Crippen LogP contribution >= 0.6 is 0 Å². The fourth-order valence-corrected chi connectivity index (χ4v) is 7.82. The molecule has 0 radical (unpaired) electrons. The van der Waals surface area contributed by atoms with Gasteiger partial charge in [-0.2, -0.15) is 0 Å². The summed E-state index contributed by atoms with van der Waals surface area (Å²) in [6.45, 7) is 13.8. The van der Waals surface area contributed by atoms with E-state index in [0.717, 1.165) is 0 Å². The van der Waals surface area contributed by atoms with Gasteiger partial charge >= 0.3 is 0 Å². The van der Waals surface area contributed by atoms with Crippen LogP contribution in [0.1, 0.15) is 40.0 Å². The minimum atomic E-state index is -1.24. The van der Waals surface area contributed by atoms with Crippen molar-refractivity contribution in [3.63, 3.8) is 0 Å². The van der Waals surface area contributed by atoms with Crippen LogP contribution in [0.2, 0.25) is 0 Å². The first-order valence-electron chi connectivity index (χ1n) is 15.7. The summed E-state index contributed by atoms with van der Waals surface area (Å²) in [5.74, 6) is -1.83. The van der Waals surface area contributed by atoms with Crippen LogP contribution in [-0.4, -0.2) is 77.8 Å². The molecule has 45 heavy (non-hydrogen) atoms. The molecular weight excluding hydrogens is 570 g/mol. The number of methoxy groups -OCH3 is 1. The lowest BCUT2D eigenvalue weighted by molar-refractivity contribution is -0.148. The molecule has 2 unspecified atom stereocenters. The van der Waals surface area contributed by atoms with Crippen LogP contribution in [0.4, 0.5) is 11.4 Å². The lowest BCUT2D eigenvalue weighted by Gasteiger charge is -2.40. The second kappa shape index (κ2) is 12.8. The Hall–Kier alpha value is -3.95. The van der Waals surface area contributed by atoms with E-state index >= 15 is 0 Å². The van der Waals surface area contributed by atoms with Crippen LogP contribution < -0.4 is 14.5 Å². The molecule has 3 aliphatic heterocycles. The minimum Gasteiger partial charge on any atom is -0.497 e. The Labute approximate surface area is 266 Å². The molecule has 3 heterocycles. The third-order valence-electron chi connectivity index (χ3n) is 9.67. The highest BCUT2D eigenvalue weighted by Crippen LogP contribution is 2.64. The Balaban J connectivity index is 1.63. The number of fused-ring (bicyclic) bond motifs is 1. The van der Waals surface area contributed by atoms with E-state index in [9.17, 15) is 19.5 Å². The predicted molar refractivity (Wildman–Crippen MR) is 174 cm³/mol. The minimum absolute atomic E-state index is 0.142. The standard InChI is InChI=1S/C36H45N3O6/c1-7-20-37(25-12-10-9-11-13-25)32(41)29-30-33(42)39(27(23-40)22-24(3)4)31(36(30)19-18-35(29,5)45-36)34(43)38(21-8-2)26-14-16-28(44-6)17-15-26/h7-17,24,27,29-31,40H,1-2,18-23H2,3-6H3/t27-,29+,30+,31?,35-,36?/m1/s1. The smallest absolute Gasteiger partial charge is 0.253 e. The normalized spacial score (nSPS) is 27.3. The zero-order valence-electron chi connectivity index (χ0n) is 26.7. The summed E-state index contributed by atoms with van der Waals surface area (Å²) in [5.41, 5.74) is -0.880. The van der Waals surface area contributed by atoms with Gasteiger partial charge in [0.1, 0.15) is 17.4 Å². The number of hydrogen-bond acceptors (Lipinski definition) is 6. The average molecular weight is 616 g/mol. The second-order valence-electron chi connectivity index (χ2n) is 12.9. The van der Waals surface area contributed by atoms with Gasteiger partial charge in [0, 0.05) is 24.5 Å². The van der Waals surface area contributed by atoms with Crippen molar-refractivity contribution in [1.29, 1.82) is 0 Å². The molecule has 0 aromatic heterocycles. The van der Waals surface area contributed by atoms with Crippen LogP contribution in [0, 0.1) is 17.8 Å². The summed E-state index contributed by atoms with van der Waals surface area (Å²) < 4.78 is 12.2. The molecule has 2 aromatic carbocycles. The highest BCUT2D eigenvalue weighted by atomic mass is 16.5. The predicted octanol–water partition coefficient (Wildman–Crippen LogP) is 4.61. The Morgan fingerprint density at radius 1 is 1.02 bits per heavy atom. The fraction of sp³-hybridized carbons (Fsp3) is 0.472. The van der Waals surface area contributed by atoms with E-state index in [4.69, 9.17) is 9.47 Å². The first-order chi connectivity index (χ1) is 21.6. The van der Waals surface area contributed by atoms with E-state index in [1.807, 2.05) is 51.1 Å². The zero-order chi connectivity index (χ0) is 32.5. The Bertz CT molecular complexity index is 1430. The van der Waals surface area contributed by atoms with Gasteiger partial charge in [-0.05, 0) is 68.5 Å². The van der Waals surface area contributed by atoms with Crippen molar-refractivity contribution >= 4 is 29.1 Å². The van der Waals surface area contributed by atoms with Crippen LogP contribution in [0.15, 0.2) is 79.9 Å². The molecule has 2 bridgehead atoms. The maximum atomic E-state index is 14.9. The molecule has 9 heteroatoms. The van der Waals surface area contributed by atoms with E-state index in [-0.39, 0.29) is 43.3 Å². The van der Waals surface area contributed by atoms with Crippen LogP contribution in [-0.2, 0) is 19.1 Å². The Morgan fingerprint density at radius 2 is 1.62 bits per heavy atom. The van der Waals surface area contributed by atoms with Crippen molar-refractivity contribution in [3.05, 3.63) is 79.9 Å². The number of rotatable bonds is 13. The van der Waals surface area contributed by atoms with Gasteiger partial charge in [-0.3, -0.25) is 14.4 Å². The molecule has 5 rings (SSSR count). The molecule has 240 valence electrons. The number of carbonyl (C=O) groups is 3. The van der Waals surface area contributed by atoms with Crippen LogP contribution in [0.3, 0.4) is 0 Å². The van der Waals surface area contributed by atoms with Gasteiger partial charge in [0.25, 0.3) is 5.91 Å². The number of amides is 3. The van der Waals surface area contributed by atoms with Crippen LogP contribution in [0.5, 0.6) is 5.75 Å². The van der Waals surface area contributed by atoms with Gasteiger partial charge in [-0.1, -0.05) is 44.2 Å². The number of likely N-dealkylation sites (tertiary alicyclic amines) is 1. The van der Waals surface area contributed by atoms with E-state index in [2.05, 4.69) is 13.2 Å². The monoisotopic (exact) mass is 615 g/mol. The van der Waals surface area contributed by atoms with Crippen molar-refractivity contribution < 1.29 is 29.0 Å². The molecular formula is C36H45N3O6. The molecule has 2 aromatic rings. The number of nitrogens with zero attached hydrogens (tertiary/aromatic N) is 3. The maximum absolute atomic E-state index is 14.9. The summed E-state index contributed by atoms with van der Waals surface area (Å²) in [4.78, 5) is 49.1. The highest BCUT2D eigenvalue weighted by molar-refractivity contribution is 6.07. The third kappa shape index (κ3) is 5.46. The second-order valence-corrected chi connectivity index (χ2v) is 12.9. The fourth-order valence-electron chi connectivity index (χ4n) is 7.82. The number of carbonyl (C=O) groups excluding carboxylic acids is 3. The number of aliphatic hydroxyl groups is 1. The number of para-hydroxylation sites is 1. The Morgan fingerprint density at radius 3 is 2.18 bits per heavy atom. The summed E-state index contributed by atoms with van der Waals surface area (Å²) in [7, 11) is 1.58. The molecule has 1 spiro atoms. The van der Waals surface area contributed by atoms with Crippen molar-refractivity contribution in [2.75, 3.05) is 36.6 Å².